The Kier molecular flexibility index (Phi) is 3.73. The molecule has 0 unspecified atom stereocenters. The number of carbonyl (C=O) groups is 1. The Bertz CT molecular complexity index is 593. The van der Waals surface area contributed by atoms with Gasteiger partial charge in [-0.1, -0.05) is 30.3 Å². The monoisotopic (exact) mass is 335 g/mol. The van der Waals surface area contributed by atoms with Crippen LogP contribution >= 0.6 is 15.9 Å². The third-order valence-corrected chi connectivity index (χ3v) is 3.70. The van der Waals surface area contributed by atoms with Crippen molar-refractivity contribution in [1.82, 2.24) is 14.7 Å². The summed E-state index contributed by atoms with van der Waals surface area (Å²) in [5.41, 5.74) is 0.994. The number of nitrogens with zero attached hydrogens (tertiary/aromatic N) is 3. The summed E-state index contributed by atoms with van der Waals surface area (Å²) in [5.74, 6) is 0. The van der Waals surface area contributed by atoms with Gasteiger partial charge in [0.1, 0.15) is 11.2 Å². The third kappa shape index (κ3) is 2.85. The minimum absolute atomic E-state index is 0.241. The lowest BCUT2D eigenvalue weighted by Gasteiger charge is -2.38. The molecular formula is C14H14BrN3O2. The van der Waals surface area contributed by atoms with Crippen LogP contribution in [0, 0.1) is 0 Å². The molecule has 20 heavy (non-hydrogen) atoms. The van der Waals surface area contributed by atoms with E-state index in [0.29, 0.717) is 19.7 Å². The average molecular weight is 336 g/mol. The second-order valence-electron chi connectivity index (χ2n) is 4.72. The van der Waals surface area contributed by atoms with E-state index in [0.717, 1.165) is 10.2 Å². The Balaban J connectivity index is 1.46. The Morgan fingerprint density at radius 3 is 2.70 bits per heavy atom. The van der Waals surface area contributed by atoms with Crippen molar-refractivity contribution >= 4 is 22.0 Å². The van der Waals surface area contributed by atoms with Crippen molar-refractivity contribution in [3.05, 3.63) is 52.8 Å². The van der Waals surface area contributed by atoms with Crippen LogP contribution in [0.3, 0.4) is 0 Å². The minimum Gasteiger partial charge on any atom is -0.445 e. The SMILES string of the molecule is O=C(OCc1ccccc1)N1CC(n2ccc(Br)n2)C1. The minimum atomic E-state index is -0.267. The zero-order valence-electron chi connectivity index (χ0n) is 10.8. The number of likely N-dealkylation sites (tertiary alicyclic amines) is 1. The number of rotatable bonds is 3. The molecule has 0 radical (unpaired) electrons. The summed E-state index contributed by atoms with van der Waals surface area (Å²) >= 11 is 3.31. The van der Waals surface area contributed by atoms with Gasteiger partial charge in [0.15, 0.2) is 0 Å². The molecule has 0 saturated carbocycles. The van der Waals surface area contributed by atoms with E-state index in [1.807, 2.05) is 47.3 Å². The number of hydrogen-bond acceptors (Lipinski definition) is 3. The zero-order chi connectivity index (χ0) is 13.9. The van der Waals surface area contributed by atoms with E-state index >= 15 is 0 Å². The molecule has 2 aromatic rings. The van der Waals surface area contributed by atoms with Crippen LogP contribution in [0.4, 0.5) is 4.79 Å². The molecule has 0 aliphatic carbocycles. The van der Waals surface area contributed by atoms with E-state index in [4.69, 9.17) is 4.74 Å². The Morgan fingerprint density at radius 1 is 1.30 bits per heavy atom. The van der Waals surface area contributed by atoms with Crippen LogP contribution in [0.1, 0.15) is 11.6 Å². The van der Waals surface area contributed by atoms with Gasteiger partial charge in [0, 0.05) is 19.3 Å². The Hall–Kier alpha value is -1.82. The molecule has 1 aliphatic rings. The first-order valence-corrected chi connectivity index (χ1v) is 7.18. The van der Waals surface area contributed by atoms with Gasteiger partial charge in [0.25, 0.3) is 0 Å². The molecule has 1 saturated heterocycles. The fourth-order valence-corrected chi connectivity index (χ4v) is 2.40. The molecule has 104 valence electrons. The molecule has 1 amide bonds. The van der Waals surface area contributed by atoms with Gasteiger partial charge >= 0.3 is 6.09 Å². The van der Waals surface area contributed by atoms with Gasteiger partial charge < -0.3 is 9.64 Å². The van der Waals surface area contributed by atoms with Crippen LogP contribution in [-0.2, 0) is 11.3 Å². The number of amides is 1. The summed E-state index contributed by atoms with van der Waals surface area (Å²) in [7, 11) is 0. The fraction of sp³-hybridized carbons (Fsp3) is 0.286. The Morgan fingerprint density at radius 2 is 2.05 bits per heavy atom. The van der Waals surface area contributed by atoms with E-state index in [1.165, 1.54) is 0 Å². The highest BCUT2D eigenvalue weighted by molar-refractivity contribution is 9.10. The largest absolute Gasteiger partial charge is 0.445 e. The molecule has 1 aromatic carbocycles. The van der Waals surface area contributed by atoms with Crippen LogP contribution in [0.2, 0.25) is 0 Å². The van der Waals surface area contributed by atoms with Gasteiger partial charge in [-0.15, -0.1) is 0 Å². The quantitative estimate of drug-likeness (QED) is 0.866. The summed E-state index contributed by atoms with van der Waals surface area (Å²) in [6.45, 7) is 1.59. The van der Waals surface area contributed by atoms with Crippen molar-refractivity contribution < 1.29 is 9.53 Å². The first-order valence-electron chi connectivity index (χ1n) is 6.38. The summed E-state index contributed by atoms with van der Waals surface area (Å²) in [6.07, 6.45) is 1.64. The lowest BCUT2D eigenvalue weighted by Crippen LogP contribution is -2.51. The zero-order valence-corrected chi connectivity index (χ0v) is 12.4. The number of halogens is 1. The van der Waals surface area contributed by atoms with E-state index in [2.05, 4.69) is 21.0 Å². The smallest absolute Gasteiger partial charge is 0.410 e. The maximum absolute atomic E-state index is 11.8. The number of ether oxygens (including phenoxy) is 1. The predicted octanol–water partition coefficient (Wildman–Crippen LogP) is 2.84. The van der Waals surface area contributed by atoms with Crippen molar-refractivity contribution in [3.8, 4) is 0 Å². The topological polar surface area (TPSA) is 47.4 Å². The Labute approximate surface area is 125 Å². The van der Waals surface area contributed by atoms with E-state index < -0.39 is 0 Å². The van der Waals surface area contributed by atoms with Crippen LogP contribution in [0.25, 0.3) is 0 Å². The summed E-state index contributed by atoms with van der Waals surface area (Å²) in [4.78, 5) is 13.5. The van der Waals surface area contributed by atoms with Gasteiger partial charge in [-0.25, -0.2) is 4.79 Å². The van der Waals surface area contributed by atoms with Crippen molar-refractivity contribution in [3.63, 3.8) is 0 Å². The molecule has 1 fully saturated rings. The molecule has 5 nitrogen and oxygen atoms in total. The normalized spacial score (nSPS) is 14.9. The summed E-state index contributed by atoms with van der Waals surface area (Å²) in [5, 5.41) is 4.27. The van der Waals surface area contributed by atoms with Gasteiger partial charge in [-0.05, 0) is 27.6 Å². The molecule has 0 spiro atoms. The highest BCUT2D eigenvalue weighted by Crippen LogP contribution is 2.22. The van der Waals surface area contributed by atoms with Crippen LogP contribution in [-0.4, -0.2) is 33.9 Å². The fourth-order valence-electron chi connectivity index (χ4n) is 2.10. The van der Waals surface area contributed by atoms with Crippen molar-refractivity contribution in [2.24, 2.45) is 0 Å². The average Bonchev–Trinajstić information content (AvgIpc) is 2.82. The predicted molar refractivity (Wildman–Crippen MR) is 77.2 cm³/mol. The molecule has 0 bridgehead atoms. The molecule has 1 aromatic heterocycles. The number of aromatic nitrogens is 2. The molecule has 1 aliphatic heterocycles. The van der Waals surface area contributed by atoms with Gasteiger partial charge in [0.05, 0.1) is 6.04 Å². The number of carbonyl (C=O) groups excluding carboxylic acids is 1. The molecule has 6 heteroatoms. The molecule has 3 rings (SSSR count). The summed E-state index contributed by atoms with van der Waals surface area (Å²) < 4.78 is 7.94. The van der Waals surface area contributed by atoms with Crippen molar-refractivity contribution in [1.29, 1.82) is 0 Å². The van der Waals surface area contributed by atoms with E-state index in [-0.39, 0.29) is 12.1 Å². The van der Waals surface area contributed by atoms with Crippen LogP contribution in [0.15, 0.2) is 47.2 Å². The highest BCUT2D eigenvalue weighted by atomic mass is 79.9. The van der Waals surface area contributed by atoms with E-state index in [9.17, 15) is 4.79 Å². The first kappa shape index (κ1) is 13.2. The van der Waals surface area contributed by atoms with Crippen LogP contribution in [0.5, 0.6) is 0 Å². The lowest BCUT2D eigenvalue weighted by atomic mass is 10.1. The van der Waals surface area contributed by atoms with Gasteiger partial charge in [-0.3, -0.25) is 4.68 Å². The van der Waals surface area contributed by atoms with Gasteiger partial charge in [-0.2, -0.15) is 5.10 Å². The third-order valence-electron chi connectivity index (χ3n) is 3.28. The van der Waals surface area contributed by atoms with Crippen molar-refractivity contribution in [2.75, 3.05) is 13.1 Å². The molecule has 0 N–H and O–H groups in total. The van der Waals surface area contributed by atoms with Gasteiger partial charge in [0.2, 0.25) is 0 Å². The number of hydrogen-bond donors (Lipinski definition) is 0. The molecular weight excluding hydrogens is 322 g/mol. The first-order chi connectivity index (χ1) is 9.72. The van der Waals surface area contributed by atoms with Crippen molar-refractivity contribution in [2.45, 2.75) is 12.6 Å². The summed E-state index contributed by atoms with van der Waals surface area (Å²) in [6, 6.07) is 11.8. The molecule has 0 atom stereocenters. The number of benzene rings is 1. The second kappa shape index (κ2) is 5.66. The maximum Gasteiger partial charge on any atom is 0.410 e. The lowest BCUT2D eigenvalue weighted by molar-refractivity contribution is 0.0496. The highest BCUT2D eigenvalue weighted by Gasteiger charge is 2.33. The van der Waals surface area contributed by atoms with Crippen LogP contribution < -0.4 is 0 Å². The second-order valence-corrected chi connectivity index (χ2v) is 5.53. The van der Waals surface area contributed by atoms with E-state index in [1.54, 1.807) is 4.90 Å². The standard InChI is InChI=1S/C14H14BrN3O2/c15-13-6-7-18(16-13)12-8-17(9-12)14(19)20-10-11-4-2-1-3-5-11/h1-7,12H,8-10H2. The molecule has 2 heterocycles. The maximum atomic E-state index is 11.8.